The number of ether oxygens (including phenoxy) is 1. The summed E-state index contributed by atoms with van der Waals surface area (Å²) in [6.45, 7) is 0.0333. The normalized spacial score (nSPS) is 13.9. The van der Waals surface area contributed by atoms with Gasteiger partial charge in [0.2, 0.25) is 5.82 Å². The second kappa shape index (κ2) is 9.35. The number of carbonyl (C=O) groups excluding carboxylic acids is 1. The summed E-state index contributed by atoms with van der Waals surface area (Å²) in [6, 6.07) is 4.86. The lowest BCUT2D eigenvalue weighted by atomic mass is 10.2. The third kappa shape index (κ3) is 4.59. The maximum Gasteiger partial charge on any atom is 0.261 e. The molecule has 0 bridgehead atoms. The minimum Gasteiger partial charge on any atom is -0.496 e. The van der Waals surface area contributed by atoms with Crippen LogP contribution >= 0.6 is 28.1 Å². The van der Waals surface area contributed by atoms with Gasteiger partial charge in [-0.3, -0.25) is 10.1 Å². The van der Waals surface area contributed by atoms with Crippen LogP contribution in [0.15, 0.2) is 22.7 Å². The van der Waals surface area contributed by atoms with Crippen LogP contribution in [0.5, 0.6) is 5.75 Å². The SMILES string of the molecule is COc1ccc(Br)cc1C(=O)NC(=S)N1CCN(c2c(F)c(F)c(F)c(F)c2F)CC1. The van der Waals surface area contributed by atoms with Crippen molar-refractivity contribution in [2.24, 2.45) is 0 Å². The number of anilines is 1. The zero-order chi connectivity index (χ0) is 22.9. The number of thiocarbonyl (C=S) groups is 1. The molecule has 2 aromatic rings. The molecule has 0 aromatic heterocycles. The highest BCUT2D eigenvalue weighted by Gasteiger charge is 2.31. The quantitative estimate of drug-likeness (QED) is 0.285. The number of rotatable bonds is 3. The van der Waals surface area contributed by atoms with E-state index in [2.05, 4.69) is 21.2 Å². The Morgan fingerprint density at radius 3 is 2.10 bits per heavy atom. The van der Waals surface area contributed by atoms with Gasteiger partial charge < -0.3 is 14.5 Å². The van der Waals surface area contributed by atoms with Crippen LogP contribution in [0.25, 0.3) is 0 Å². The van der Waals surface area contributed by atoms with Crippen molar-refractivity contribution in [1.29, 1.82) is 0 Å². The van der Waals surface area contributed by atoms with Crippen molar-refractivity contribution in [3.63, 3.8) is 0 Å². The molecule has 1 heterocycles. The summed E-state index contributed by atoms with van der Waals surface area (Å²) in [4.78, 5) is 15.2. The molecule has 0 unspecified atom stereocenters. The fourth-order valence-electron chi connectivity index (χ4n) is 3.11. The molecular formula is C19H15BrF5N3O2S. The van der Waals surface area contributed by atoms with Gasteiger partial charge in [-0.15, -0.1) is 0 Å². The summed E-state index contributed by atoms with van der Waals surface area (Å²) in [6.07, 6.45) is 0. The highest BCUT2D eigenvalue weighted by Crippen LogP contribution is 2.31. The van der Waals surface area contributed by atoms with E-state index in [0.29, 0.717) is 10.2 Å². The molecule has 31 heavy (non-hydrogen) atoms. The van der Waals surface area contributed by atoms with Crippen molar-refractivity contribution in [1.82, 2.24) is 10.2 Å². The number of hydrogen-bond donors (Lipinski definition) is 1. The van der Waals surface area contributed by atoms with E-state index in [1.807, 2.05) is 0 Å². The van der Waals surface area contributed by atoms with E-state index in [-0.39, 0.29) is 36.9 Å². The molecule has 0 saturated carbocycles. The monoisotopic (exact) mass is 523 g/mol. The molecule has 1 saturated heterocycles. The number of halogens is 6. The van der Waals surface area contributed by atoms with Gasteiger partial charge in [0.15, 0.2) is 28.4 Å². The Bertz CT molecular complexity index is 1020. The Morgan fingerprint density at radius 2 is 1.55 bits per heavy atom. The van der Waals surface area contributed by atoms with Crippen molar-refractivity contribution in [2.75, 3.05) is 38.2 Å². The summed E-state index contributed by atoms with van der Waals surface area (Å²) in [5.41, 5.74) is -0.746. The van der Waals surface area contributed by atoms with Crippen molar-refractivity contribution in [2.45, 2.75) is 0 Å². The number of methoxy groups -OCH3 is 1. The summed E-state index contributed by atoms with van der Waals surface area (Å²) < 4.78 is 74.1. The Kier molecular flexibility index (Phi) is 6.99. The van der Waals surface area contributed by atoms with E-state index in [4.69, 9.17) is 17.0 Å². The van der Waals surface area contributed by atoms with E-state index >= 15 is 0 Å². The number of amides is 1. The molecule has 2 aromatic carbocycles. The average Bonchev–Trinajstić information content (AvgIpc) is 2.76. The fraction of sp³-hybridized carbons (Fsp3) is 0.263. The number of benzene rings is 2. The lowest BCUT2D eigenvalue weighted by Gasteiger charge is -2.37. The molecule has 3 rings (SSSR count). The van der Waals surface area contributed by atoms with Crippen molar-refractivity contribution < 1.29 is 31.5 Å². The molecule has 0 spiro atoms. The van der Waals surface area contributed by atoms with E-state index in [1.54, 1.807) is 23.1 Å². The first-order chi connectivity index (χ1) is 14.6. The smallest absolute Gasteiger partial charge is 0.261 e. The molecule has 5 nitrogen and oxygen atoms in total. The molecule has 1 N–H and O–H groups in total. The molecule has 0 atom stereocenters. The lowest BCUT2D eigenvalue weighted by molar-refractivity contribution is 0.0970. The summed E-state index contributed by atoms with van der Waals surface area (Å²) in [5.74, 6) is -10.2. The molecular weight excluding hydrogens is 509 g/mol. The predicted molar refractivity (Wildman–Crippen MR) is 111 cm³/mol. The standard InChI is InChI=1S/C19H15BrF5N3O2S/c1-30-11-3-2-9(20)8-10(11)18(29)26-19(31)28-6-4-27(5-7-28)17-15(24)13(22)12(21)14(23)16(17)25/h2-3,8H,4-7H2,1H3,(H,26,29,31). The van der Waals surface area contributed by atoms with Crippen LogP contribution in [0, 0.1) is 29.1 Å². The highest BCUT2D eigenvalue weighted by molar-refractivity contribution is 9.10. The first-order valence-corrected chi connectivity index (χ1v) is 10.1. The number of carbonyl (C=O) groups is 1. The Labute approximate surface area is 187 Å². The molecule has 0 aliphatic carbocycles. The molecule has 1 aliphatic rings. The lowest BCUT2D eigenvalue weighted by Crippen LogP contribution is -2.53. The van der Waals surface area contributed by atoms with Gasteiger partial charge in [-0.1, -0.05) is 15.9 Å². The third-order valence-electron chi connectivity index (χ3n) is 4.70. The Morgan fingerprint density at radius 1 is 1.00 bits per heavy atom. The van der Waals surface area contributed by atoms with Crippen LogP contribution in [-0.2, 0) is 0 Å². The van der Waals surface area contributed by atoms with Crippen molar-refractivity contribution in [3.05, 3.63) is 57.3 Å². The number of hydrogen-bond acceptors (Lipinski definition) is 4. The van der Waals surface area contributed by atoms with Gasteiger partial charge in [-0.05, 0) is 30.4 Å². The van der Waals surface area contributed by atoms with Crippen LogP contribution in [0.4, 0.5) is 27.6 Å². The fourth-order valence-corrected chi connectivity index (χ4v) is 3.74. The number of piperazine rings is 1. The second-order valence-electron chi connectivity index (χ2n) is 6.50. The minimum absolute atomic E-state index is 0.0593. The van der Waals surface area contributed by atoms with Crippen molar-refractivity contribution in [3.8, 4) is 5.75 Å². The highest BCUT2D eigenvalue weighted by atomic mass is 79.9. The van der Waals surface area contributed by atoms with Gasteiger partial charge in [-0.2, -0.15) is 0 Å². The molecule has 12 heteroatoms. The van der Waals surface area contributed by atoms with E-state index in [9.17, 15) is 26.7 Å². The van der Waals surface area contributed by atoms with Crippen LogP contribution in [0.2, 0.25) is 0 Å². The molecule has 1 amide bonds. The first-order valence-electron chi connectivity index (χ1n) is 8.85. The molecule has 1 aliphatic heterocycles. The number of nitrogens with zero attached hydrogens (tertiary/aromatic N) is 2. The van der Waals surface area contributed by atoms with E-state index in [1.165, 1.54) is 7.11 Å². The van der Waals surface area contributed by atoms with Gasteiger partial charge in [0.05, 0.1) is 12.7 Å². The molecule has 0 radical (unpaired) electrons. The Balaban J connectivity index is 1.69. The molecule has 1 fully saturated rings. The minimum atomic E-state index is -2.20. The van der Waals surface area contributed by atoms with Gasteiger partial charge in [-0.25, -0.2) is 22.0 Å². The zero-order valence-corrected chi connectivity index (χ0v) is 18.3. The van der Waals surface area contributed by atoms with Gasteiger partial charge in [0, 0.05) is 30.7 Å². The average molecular weight is 524 g/mol. The van der Waals surface area contributed by atoms with Crippen LogP contribution in [-0.4, -0.2) is 49.2 Å². The largest absolute Gasteiger partial charge is 0.496 e. The van der Waals surface area contributed by atoms with Gasteiger partial charge >= 0.3 is 0 Å². The van der Waals surface area contributed by atoms with E-state index in [0.717, 1.165) is 4.90 Å². The maximum atomic E-state index is 14.0. The van der Waals surface area contributed by atoms with Crippen LogP contribution in [0.1, 0.15) is 10.4 Å². The molecule has 166 valence electrons. The topological polar surface area (TPSA) is 44.8 Å². The summed E-state index contributed by atoms with van der Waals surface area (Å²) >= 11 is 8.50. The first kappa shape index (κ1) is 23.2. The summed E-state index contributed by atoms with van der Waals surface area (Å²) in [7, 11) is 1.41. The van der Waals surface area contributed by atoms with Crippen LogP contribution in [0.3, 0.4) is 0 Å². The van der Waals surface area contributed by atoms with Crippen LogP contribution < -0.4 is 15.0 Å². The van der Waals surface area contributed by atoms with E-state index < -0.39 is 40.7 Å². The number of nitrogens with one attached hydrogen (secondary N) is 1. The van der Waals surface area contributed by atoms with Crippen molar-refractivity contribution >= 4 is 44.9 Å². The summed E-state index contributed by atoms with van der Waals surface area (Å²) in [5, 5.41) is 2.61. The predicted octanol–water partition coefficient (Wildman–Crippen LogP) is 3.99. The Hall–Kier alpha value is -2.47. The van der Waals surface area contributed by atoms with Gasteiger partial charge in [0.25, 0.3) is 5.91 Å². The zero-order valence-electron chi connectivity index (χ0n) is 15.9. The third-order valence-corrected chi connectivity index (χ3v) is 5.55. The second-order valence-corrected chi connectivity index (χ2v) is 7.80. The van der Waals surface area contributed by atoms with Gasteiger partial charge in [0.1, 0.15) is 11.4 Å². The maximum absolute atomic E-state index is 14.0.